The van der Waals surface area contributed by atoms with Crippen molar-refractivity contribution in [2.24, 2.45) is 0 Å². The van der Waals surface area contributed by atoms with Crippen LogP contribution in [0.3, 0.4) is 0 Å². The minimum atomic E-state index is -0.942. The molecule has 0 saturated carbocycles. The molecule has 1 heterocycles. The van der Waals surface area contributed by atoms with Crippen molar-refractivity contribution in [1.82, 2.24) is 5.32 Å². The third-order valence-corrected chi connectivity index (χ3v) is 3.50. The molecule has 0 bridgehead atoms. The van der Waals surface area contributed by atoms with E-state index in [1.807, 2.05) is 37.2 Å². The summed E-state index contributed by atoms with van der Waals surface area (Å²) in [6.45, 7) is 0.328. The first-order chi connectivity index (χ1) is 9.97. The molecule has 2 rings (SSSR count). The third-order valence-electron chi connectivity index (χ3n) is 3.50. The van der Waals surface area contributed by atoms with E-state index < -0.39 is 12.1 Å². The highest BCUT2D eigenvalue weighted by Crippen LogP contribution is 2.19. The largest absolute Gasteiger partial charge is 0.479 e. The summed E-state index contributed by atoms with van der Waals surface area (Å²) in [5, 5.41) is 11.6. The Morgan fingerprint density at radius 3 is 2.76 bits per heavy atom. The van der Waals surface area contributed by atoms with Crippen LogP contribution in [0.15, 0.2) is 24.3 Å². The first kappa shape index (κ1) is 15.3. The van der Waals surface area contributed by atoms with Crippen molar-refractivity contribution in [1.29, 1.82) is 0 Å². The molecule has 2 N–H and O–H groups in total. The van der Waals surface area contributed by atoms with Crippen LogP contribution in [0.2, 0.25) is 0 Å². The molecule has 0 aromatic heterocycles. The number of nitrogens with one attached hydrogen (secondary N) is 1. The number of carboxylic acid groups (broad SMARTS) is 1. The molecule has 114 valence electrons. The normalized spacial score (nSPS) is 21.0. The lowest BCUT2D eigenvalue weighted by molar-refractivity contribution is -0.149. The molecule has 1 saturated heterocycles. The van der Waals surface area contributed by atoms with Gasteiger partial charge in [-0.25, -0.2) is 4.79 Å². The SMILES string of the molecule is CN(C)c1cccc(C(=O)NCC2CCC(C(=O)O)O2)c1. The zero-order chi connectivity index (χ0) is 15.4. The van der Waals surface area contributed by atoms with Gasteiger partial charge in [-0.15, -0.1) is 0 Å². The fourth-order valence-corrected chi connectivity index (χ4v) is 2.27. The van der Waals surface area contributed by atoms with Gasteiger partial charge in [0.05, 0.1) is 6.10 Å². The summed E-state index contributed by atoms with van der Waals surface area (Å²) in [6, 6.07) is 7.31. The van der Waals surface area contributed by atoms with Gasteiger partial charge in [0.25, 0.3) is 5.91 Å². The molecule has 1 aliphatic heterocycles. The van der Waals surface area contributed by atoms with Crippen molar-refractivity contribution < 1.29 is 19.4 Å². The van der Waals surface area contributed by atoms with Gasteiger partial charge in [-0.1, -0.05) is 6.07 Å². The number of aliphatic carboxylic acids is 1. The Balaban J connectivity index is 1.88. The molecule has 2 atom stereocenters. The smallest absolute Gasteiger partial charge is 0.332 e. The molecule has 0 aliphatic carbocycles. The molecule has 1 amide bonds. The Morgan fingerprint density at radius 2 is 2.14 bits per heavy atom. The Kier molecular flexibility index (Phi) is 4.80. The number of amides is 1. The van der Waals surface area contributed by atoms with Crippen LogP contribution in [0.4, 0.5) is 5.69 Å². The van der Waals surface area contributed by atoms with E-state index in [2.05, 4.69) is 5.32 Å². The van der Waals surface area contributed by atoms with Crippen LogP contribution in [0.5, 0.6) is 0 Å². The molecule has 0 radical (unpaired) electrons. The Labute approximate surface area is 123 Å². The van der Waals surface area contributed by atoms with Crippen molar-refractivity contribution in [2.75, 3.05) is 25.5 Å². The number of hydrogen-bond donors (Lipinski definition) is 2. The molecular weight excluding hydrogens is 272 g/mol. The Morgan fingerprint density at radius 1 is 1.38 bits per heavy atom. The summed E-state index contributed by atoms with van der Waals surface area (Å²) in [5.41, 5.74) is 1.53. The fourth-order valence-electron chi connectivity index (χ4n) is 2.27. The number of benzene rings is 1. The van der Waals surface area contributed by atoms with Gasteiger partial charge < -0.3 is 20.1 Å². The molecular formula is C15H20N2O4. The molecule has 6 nitrogen and oxygen atoms in total. The summed E-state index contributed by atoms with van der Waals surface area (Å²) in [5.74, 6) is -1.12. The highest BCUT2D eigenvalue weighted by Gasteiger charge is 2.30. The van der Waals surface area contributed by atoms with Crippen LogP contribution in [0, 0.1) is 0 Å². The maximum atomic E-state index is 12.1. The molecule has 1 aliphatic rings. The number of carbonyl (C=O) groups excluding carboxylic acids is 1. The third kappa shape index (κ3) is 3.95. The number of anilines is 1. The fraction of sp³-hybridized carbons (Fsp3) is 0.467. The second-order valence-electron chi connectivity index (χ2n) is 5.32. The van der Waals surface area contributed by atoms with E-state index in [1.165, 1.54) is 0 Å². The number of hydrogen-bond acceptors (Lipinski definition) is 4. The van der Waals surface area contributed by atoms with Gasteiger partial charge in [0, 0.05) is 31.9 Å². The zero-order valence-electron chi connectivity index (χ0n) is 12.2. The monoisotopic (exact) mass is 292 g/mol. The van der Waals surface area contributed by atoms with E-state index in [4.69, 9.17) is 9.84 Å². The van der Waals surface area contributed by atoms with Crippen LogP contribution in [0.1, 0.15) is 23.2 Å². The maximum Gasteiger partial charge on any atom is 0.332 e. The predicted molar refractivity (Wildman–Crippen MR) is 78.6 cm³/mol. The first-order valence-electron chi connectivity index (χ1n) is 6.91. The lowest BCUT2D eigenvalue weighted by Crippen LogP contribution is -2.33. The molecule has 0 spiro atoms. The van der Waals surface area contributed by atoms with Crippen LogP contribution in [0.25, 0.3) is 0 Å². The first-order valence-corrected chi connectivity index (χ1v) is 6.91. The number of rotatable bonds is 5. The number of ether oxygens (including phenoxy) is 1. The van der Waals surface area contributed by atoms with E-state index >= 15 is 0 Å². The highest BCUT2D eigenvalue weighted by atomic mass is 16.5. The van der Waals surface area contributed by atoms with Gasteiger partial charge in [0.15, 0.2) is 6.10 Å². The minimum Gasteiger partial charge on any atom is -0.479 e. The van der Waals surface area contributed by atoms with Crippen LogP contribution in [-0.2, 0) is 9.53 Å². The summed E-state index contributed by atoms with van der Waals surface area (Å²) in [4.78, 5) is 24.8. The molecule has 1 aromatic carbocycles. The molecule has 1 fully saturated rings. The second kappa shape index (κ2) is 6.58. The minimum absolute atomic E-state index is 0.180. The number of carbonyl (C=O) groups is 2. The topological polar surface area (TPSA) is 78.9 Å². The number of nitrogens with zero attached hydrogens (tertiary/aromatic N) is 1. The van der Waals surface area contributed by atoms with Crippen molar-refractivity contribution in [2.45, 2.75) is 25.0 Å². The quantitative estimate of drug-likeness (QED) is 0.850. The van der Waals surface area contributed by atoms with E-state index in [9.17, 15) is 9.59 Å². The van der Waals surface area contributed by atoms with Crippen molar-refractivity contribution >= 4 is 17.6 Å². The average Bonchev–Trinajstić information content (AvgIpc) is 2.94. The van der Waals surface area contributed by atoms with Crippen LogP contribution in [-0.4, -0.2) is 49.8 Å². The Bertz CT molecular complexity index is 530. The van der Waals surface area contributed by atoms with Gasteiger partial charge in [0.2, 0.25) is 0 Å². The summed E-state index contributed by atoms with van der Waals surface area (Å²) < 4.78 is 5.35. The van der Waals surface area contributed by atoms with E-state index in [0.29, 0.717) is 24.9 Å². The molecule has 1 aromatic rings. The second-order valence-corrected chi connectivity index (χ2v) is 5.32. The Hall–Kier alpha value is -2.08. The van der Waals surface area contributed by atoms with E-state index in [1.54, 1.807) is 6.07 Å². The standard InChI is InChI=1S/C15H20N2O4/c1-17(2)11-5-3-4-10(8-11)14(18)16-9-12-6-7-13(21-12)15(19)20/h3-5,8,12-13H,6-7,9H2,1-2H3,(H,16,18)(H,19,20). The van der Waals surface area contributed by atoms with Gasteiger partial charge in [0.1, 0.15) is 0 Å². The molecule has 21 heavy (non-hydrogen) atoms. The van der Waals surface area contributed by atoms with Gasteiger partial charge in [-0.2, -0.15) is 0 Å². The van der Waals surface area contributed by atoms with Crippen LogP contribution >= 0.6 is 0 Å². The van der Waals surface area contributed by atoms with Crippen molar-refractivity contribution in [3.05, 3.63) is 29.8 Å². The lowest BCUT2D eigenvalue weighted by Gasteiger charge is -2.15. The summed E-state index contributed by atoms with van der Waals surface area (Å²) in [7, 11) is 3.82. The average molecular weight is 292 g/mol. The highest BCUT2D eigenvalue weighted by molar-refractivity contribution is 5.95. The van der Waals surface area contributed by atoms with Gasteiger partial charge >= 0.3 is 5.97 Å². The summed E-state index contributed by atoms with van der Waals surface area (Å²) >= 11 is 0. The van der Waals surface area contributed by atoms with Gasteiger partial charge in [-0.3, -0.25) is 4.79 Å². The number of carboxylic acids is 1. The van der Waals surface area contributed by atoms with E-state index in [0.717, 1.165) is 5.69 Å². The maximum absolute atomic E-state index is 12.1. The lowest BCUT2D eigenvalue weighted by atomic mass is 10.1. The molecule has 2 unspecified atom stereocenters. The zero-order valence-corrected chi connectivity index (χ0v) is 12.2. The summed E-state index contributed by atoms with van der Waals surface area (Å²) in [6.07, 6.45) is 0.164. The van der Waals surface area contributed by atoms with Gasteiger partial charge in [-0.05, 0) is 31.0 Å². The van der Waals surface area contributed by atoms with Crippen LogP contribution < -0.4 is 10.2 Å². The molecule has 6 heteroatoms. The predicted octanol–water partition coefficient (Wildman–Crippen LogP) is 1.11. The van der Waals surface area contributed by atoms with Crippen molar-refractivity contribution in [3.63, 3.8) is 0 Å². The van der Waals surface area contributed by atoms with Crippen molar-refractivity contribution in [3.8, 4) is 0 Å². The van der Waals surface area contributed by atoms with E-state index in [-0.39, 0.29) is 12.0 Å².